The molecule has 0 heterocycles. The van der Waals surface area contributed by atoms with Gasteiger partial charge in [0.15, 0.2) is 0 Å². The first-order valence-electron chi connectivity index (χ1n) is 7.14. The number of alkyl halides is 3. The van der Waals surface area contributed by atoms with Gasteiger partial charge in [0.05, 0.1) is 10.6 Å². The Balaban J connectivity index is 2.29. The topological polar surface area (TPSA) is 21.3 Å². The van der Waals surface area contributed by atoms with E-state index in [9.17, 15) is 13.2 Å². The van der Waals surface area contributed by atoms with Gasteiger partial charge in [-0.15, -0.1) is 0 Å². The molecule has 2 aromatic rings. The summed E-state index contributed by atoms with van der Waals surface area (Å²) in [6, 6.07) is 12.4. The van der Waals surface area contributed by atoms with Gasteiger partial charge in [0.1, 0.15) is 11.9 Å². The van der Waals surface area contributed by atoms with Crippen LogP contribution in [0.3, 0.4) is 0 Å². The van der Waals surface area contributed by atoms with Crippen molar-refractivity contribution < 1.29 is 17.9 Å². The van der Waals surface area contributed by atoms with E-state index in [1.165, 1.54) is 6.07 Å². The van der Waals surface area contributed by atoms with Gasteiger partial charge < -0.3 is 10.1 Å². The van der Waals surface area contributed by atoms with Crippen LogP contribution in [0.15, 0.2) is 48.5 Å². The fraction of sp³-hybridized carbons (Fsp3) is 0.294. The lowest BCUT2D eigenvalue weighted by molar-refractivity contribution is -0.137. The van der Waals surface area contributed by atoms with Crippen LogP contribution in [0.4, 0.5) is 13.2 Å². The highest BCUT2D eigenvalue weighted by molar-refractivity contribution is 6.32. The Morgan fingerprint density at radius 1 is 1.13 bits per heavy atom. The van der Waals surface area contributed by atoms with Crippen LogP contribution >= 0.6 is 11.6 Å². The maximum atomic E-state index is 12.9. The molecule has 1 atom stereocenters. The zero-order valence-electron chi connectivity index (χ0n) is 12.5. The van der Waals surface area contributed by atoms with Crippen molar-refractivity contribution in [1.29, 1.82) is 0 Å². The molecule has 0 unspecified atom stereocenters. The van der Waals surface area contributed by atoms with Crippen LogP contribution in [0.1, 0.15) is 23.7 Å². The Hall–Kier alpha value is -1.72. The van der Waals surface area contributed by atoms with E-state index in [-0.39, 0.29) is 16.9 Å². The van der Waals surface area contributed by atoms with E-state index in [1.807, 2.05) is 30.3 Å². The number of hydrogen-bond acceptors (Lipinski definition) is 2. The SMILES string of the molecule is CNCC[C@@H](Oc1cc(C(F)(F)F)ccc1Cl)c1ccccc1. The van der Waals surface area contributed by atoms with Gasteiger partial charge in [0.25, 0.3) is 0 Å². The minimum absolute atomic E-state index is 0.0337. The maximum absolute atomic E-state index is 12.9. The van der Waals surface area contributed by atoms with Crippen LogP contribution in [-0.4, -0.2) is 13.6 Å². The van der Waals surface area contributed by atoms with E-state index >= 15 is 0 Å². The third kappa shape index (κ3) is 4.88. The molecule has 124 valence electrons. The second-order valence-electron chi connectivity index (χ2n) is 5.05. The molecule has 0 saturated carbocycles. The normalized spacial score (nSPS) is 12.9. The van der Waals surface area contributed by atoms with Gasteiger partial charge in [0, 0.05) is 6.42 Å². The first-order chi connectivity index (χ1) is 10.9. The van der Waals surface area contributed by atoms with Crippen molar-refractivity contribution in [3.63, 3.8) is 0 Å². The Morgan fingerprint density at radius 2 is 1.83 bits per heavy atom. The molecule has 0 aromatic heterocycles. The standard InChI is InChI=1S/C17H17ClF3NO/c1-22-10-9-15(12-5-3-2-4-6-12)23-16-11-13(17(19,20)21)7-8-14(16)18/h2-8,11,15,22H,9-10H2,1H3/t15-/m1/s1. The molecule has 0 spiro atoms. The summed E-state index contributed by atoms with van der Waals surface area (Å²) in [4.78, 5) is 0. The average molecular weight is 344 g/mol. The minimum Gasteiger partial charge on any atom is -0.484 e. The average Bonchev–Trinajstić information content (AvgIpc) is 2.52. The molecule has 0 aliphatic heterocycles. The van der Waals surface area contributed by atoms with Crippen molar-refractivity contribution >= 4 is 11.6 Å². The smallest absolute Gasteiger partial charge is 0.416 e. The Bertz CT molecular complexity index is 631. The summed E-state index contributed by atoms with van der Waals surface area (Å²) in [5, 5.41) is 3.17. The molecule has 0 fully saturated rings. The Kier molecular flexibility index (Phi) is 5.91. The van der Waals surface area contributed by atoms with Crippen LogP contribution < -0.4 is 10.1 Å². The van der Waals surface area contributed by atoms with Crippen molar-refractivity contribution in [1.82, 2.24) is 5.32 Å². The molecule has 2 rings (SSSR count). The molecule has 6 heteroatoms. The fourth-order valence-corrected chi connectivity index (χ4v) is 2.32. The van der Waals surface area contributed by atoms with Crippen LogP contribution in [0.25, 0.3) is 0 Å². The first kappa shape index (κ1) is 17.6. The van der Waals surface area contributed by atoms with E-state index in [4.69, 9.17) is 16.3 Å². The van der Waals surface area contributed by atoms with E-state index in [0.29, 0.717) is 13.0 Å². The molecule has 2 aromatic carbocycles. The second-order valence-corrected chi connectivity index (χ2v) is 5.46. The highest BCUT2D eigenvalue weighted by atomic mass is 35.5. The lowest BCUT2D eigenvalue weighted by atomic mass is 10.1. The number of halogens is 4. The molecule has 23 heavy (non-hydrogen) atoms. The maximum Gasteiger partial charge on any atom is 0.416 e. The minimum atomic E-state index is -4.43. The molecular weight excluding hydrogens is 327 g/mol. The van der Waals surface area contributed by atoms with E-state index in [0.717, 1.165) is 17.7 Å². The molecule has 0 aliphatic carbocycles. The predicted molar refractivity (Wildman–Crippen MR) is 84.8 cm³/mol. The van der Waals surface area contributed by atoms with Crippen LogP contribution in [0.5, 0.6) is 5.75 Å². The van der Waals surface area contributed by atoms with Gasteiger partial charge in [0.2, 0.25) is 0 Å². The van der Waals surface area contributed by atoms with Gasteiger partial charge in [-0.1, -0.05) is 41.9 Å². The van der Waals surface area contributed by atoms with Gasteiger partial charge in [-0.2, -0.15) is 13.2 Å². The summed E-state index contributed by atoms with van der Waals surface area (Å²) in [6.07, 6.45) is -4.21. The molecular formula is C17H17ClF3NO. The highest BCUT2D eigenvalue weighted by Crippen LogP contribution is 2.37. The molecule has 0 amide bonds. The predicted octanol–water partition coefficient (Wildman–Crippen LogP) is 5.09. The third-order valence-corrected chi connectivity index (χ3v) is 3.67. The Morgan fingerprint density at radius 3 is 2.43 bits per heavy atom. The molecule has 1 N–H and O–H groups in total. The quantitative estimate of drug-likeness (QED) is 0.789. The number of benzene rings is 2. The molecule has 0 radical (unpaired) electrons. The van der Waals surface area contributed by atoms with Crippen LogP contribution in [0.2, 0.25) is 5.02 Å². The monoisotopic (exact) mass is 343 g/mol. The largest absolute Gasteiger partial charge is 0.484 e. The summed E-state index contributed by atoms with van der Waals surface area (Å²) in [6.45, 7) is 0.663. The third-order valence-electron chi connectivity index (χ3n) is 3.36. The summed E-state index contributed by atoms with van der Waals surface area (Å²) in [5.74, 6) is 0.0337. The molecule has 2 nitrogen and oxygen atoms in total. The zero-order valence-corrected chi connectivity index (χ0v) is 13.3. The highest BCUT2D eigenvalue weighted by Gasteiger charge is 2.31. The van der Waals surface area contributed by atoms with Crippen molar-refractivity contribution in [2.24, 2.45) is 0 Å². The van der Waals surface area contributed by atoms with Gasteiger partial charge in [-0.05, 0) is 37.4 Å². The second kappa shape index (κ2) is 7.70. The van der Waals surface area contributed by atoms with Crippen molar-refractivity contribution in [3.8, 4) is 5.75 Å². The van der Waals surface area contributed by atoms with Crippen molar-refractivity contribution in [2.45, 2.75) is 18.7 Å². The van der Waals surface area contributed by atoms with Gasteiger partial charge in [-0.25, -0.2) is 0 Å². The molecule has 0 aliphatic rings. The van der Waals surface area contributed by atoms with E-state index in [1.54, 1.807) is 7.05 Å². The lowest BCUT2D eigenvalue weighted by Gasteiger charge is -2.21. The van der Waals surface area contributed by atoms with E-state index in [2.05, 4.69) is 5.32 Å². The molecule has 0 bridgehead atoms. The van der Waals surface area contributed by atoms with Crippen LogP contribution in [0, 0.1) is 0 Å². The summed E-state index contributed by atoms with van der Waals surface area (Å²) >= 11 is 6.00. The van der Waals surface area contributed by atoms with Gasteiger partial charge in [-0.3, -0.25) is 0 Å². The summed E-state index contributed by atoms with van der Waals surface area (Å²) in [5.41, 5.74) is 0.105. The van der Waals surface area contributed by atoms with Crippen molar-refractivity contribution in [3.05, 3.63) is 64.7 Å². The summed E-state index contributed by atoms with van der Waals surface area (Å²) in [7, 11) is 1.80. The van der Waals surface area contributed by atoms with Gasteiger partial charge >= 0.3 is 6.18 Å². The molecule has 0 saturated heterocycles. The number of hydrogen-bond donors (Lipinski definition) is 1. The van der Waals surface area contributed by atoms with Crippen LogP contribution in [-0.2, 0) is 6.18 Å². The number of rotatable bonds is 6. The number of nitrogens with one attached hydrogen (secondary N) is 1. The lowest BCUT2D eigenvalue weighted by Crippen LogP contribution is -2.16. The zero-order chi connectivity index (χ0) is 16.9. The number of ether oxygens (including phenoxy) is 1. The van der Waals surface area contributed by atoms with E-state index < -0.39 is 11.7 Å². The Labute approximate surface area is 138 Å². The fourth-order valence-electron chi connectivity index (χ4n) is 2.16. The first-order valence-corrected chi connectivity index (χ1v) is 7.52. The van der Waals surface area contributed by atoms with Crippen molar-refractivity contribution in [2.75, 3.05) is 13.6 Å². The summed E-state index contributed by atoms with van der Waals surface area (Å²) < 4.78 is 44.4.